The topological polar surface area (TPSA) is 84.5 Å². The number of sulfonamides is 1. The molecule has 3 aromatic carbocycles. The Hall–Kier alpha value is -3.32. The van der Waals surface area contributed by atoms with Crippen LogP contribution in [0.15, 0.2) is 83.8 Å². The highest BCUT2D eigenvalue weighted by atomic mass is 32.2. The third kappa shape index (κ3) is 6.33. The van der Waals surface area contributed by atoms with Crippen molar-refractivity contribution in [1.29, 1.82) is 0 Å². The molecule has 3 aromatic rings. The lowest BCUT2D eigenvalue weighted by Gasteiger charge is -2.13. The molecule has 2 N–H and O–H groups in total. The summed E-state index contributed by atoms with van der Waals surface area (Å²) < 4.78 is 33.4. The highest BCUT2D eigenvalue weighted by Gasteiger charge is 2.18. The molecule has 162 valence electrons. The van der Waals surface area contributed by atoms with E-state index in [-0.39, 0.29) is 28.6 Å². The summed E-state index contributed by atoms with van der Waals surface area (Å²) in [5.41, 5.74) is 1.72. The monoisotopic (exact) mass is 438 g/mol. The van der Waals surface area contributed by atoms with Crippen molar-refractivity contribution in [1.82, 2.24) is 5.32 Å². The summed E-state index contributed by atoms with van der Waals surface area (Å²) in [6, 6.07) is 22.4. The standard InChI is InChI=1S/C24H26N2O4S/c1-2-8-19-13-15-20(16-14-19)30-18-17-25-24(27)22-11-6-7-12-23(22)26-31(28,29)21-9-4-3-5-10-21/h3-7,9-16,26H,2,8,17-18H2,1H3,(H,25,27). The van der Waals surface area contributed by atoms with E-state index in [4.69, 9.17) is 4.74 Å². The van der Waals surface area contributed by atoms with Crippen LogP contribution in [-0.2, 0) is 16.4 Å². The number of benzene rings is 3. The molecule has 0 aromatic heterocycles. The fourth-order valence-electron chi connectivity index (χ4n) is 3.04. The molecular weight excluding hydrogens is 412 g/mol. The molecule has 3 rings (SSSR count). The molecule has 0 aliphatic carbocycles. The number of para-hydroxylation sites is 1. The minimum absolute atomic E-state index is 0.128. The smallest absolute Gasteiger partial charge is 0.261 e. The molecule has 0 aliphatic heterocycles. The molecule has 0 bridgehead atoms. The average molecular weight is 439 g/mol. The predicted molar refractivity (Wildman–Crippen MR) is 122 cm³/mol. The summed E-state index contributed by atoms with van der Waals surface area (Å²) >= 11 is 0. The van der Waals surface area contributed by atoms with E-state index in [9.17, 15) is 13.2 Å². The van der Waals surface area contributed by atoms with Gasteiger partial charge in [0.2, 0.25) is 0 Å². The summed E-state index contributed by atoms with van der Waals surface area (Å²) in [6.45, 7) is 2.73. The SMILES string of the molecule is CCCc1ccc(OCCNC(=O)c2ccccc2NS(=O)(=O)c2ccccc2)cc1. The summed E-state index contributed by atoms with van der Waals surface area (Å²) in [4.78, 5) is 12.7. The molecule has 31 heavy (non-hydrogen) atoms. The molecule has 0 aliphatic rings. The van der Waals surface area contributed by atoms with Crippen molar-refractivity contribution in [3.8, 4) is 5.75 Å². The van der Waals surface area contributed by atoms with E-state index < -0.39 is 10.0 Å². The van der Waals surface area contributed by atoms with E-state index in [1.807, 2.05) is 24.3 Å². The molecule has 0 atom stereocenters. The molecule has 1 amide bonds. The van der Waals surface area contributed by atoms with Crippen molar-refractivity contribution in [2.45, 2.75) is 24.7 Å². The maximum absolute atomic E-state index is 12.6. The van der Waals surface area contributed by atoms with Crippen molar-refractivity contribution in [2.24, 2.45) is 0 Å². The number of carbonyl (C=O) groups is 1. The van der Waals surface area contributed by atoms with E-state index in [0.717, 1.165) is 18.6 Å². The Morgan fingerprint density at radius 1 is 0.903 bits per heavy atom. The Kier molecular flexibility index (Phi) is 7.67. The van der Waals surface area contributed by atoms with Crippen molar-refractivity contribution in [2.75, 3.05) is 17.9 Å². The number of anilines is 1. The zero-order chi connectivity index (χ0) is 22.1. The number of hydrogen-bond donors (Lipinski definition) is 2. The van der Waals surface area contributed by atoms with Crippen LogP contribution in [0.4, 0.5) is 5.69 Å². The zero-order valence-electron chi connectivity index (χ0n) is 17.4. The Balaban J connectivity index is 1.57. The second-order valence-electron chi connectivity index (χ2n) is 6.96. The van der Waals surface area contributed by atoms with Gasteiger partial charge in [-0.3, -0.25) is 9.52 Å². The quantitative estimate of drug-likeness (QED) is 0.464. The predicted octanol–water partition coefficient (Wildman–Crippen LogP) is 4.25. The van der Waals surface area contributed by atoms with Gasteiger partial charge in [0.25, 0.3) is 15.9 Å². The van der Waals surface area contributed by atoms with Crippen LogP contribution in [0, 0.1) is 0 Å². The van der Waals surface area contributed by atoms with Crippen LogP contribution in [0.25, 0.3) is 0 Å². The van der Waals surface area contributed by atoms with E-state index in [1.165, 1.54) is 17.7 Å². The van der Waals surface area contributed by atoms with E-state index in [0.29, 0.717) is 6.61 Å². The largest absolute Gasteiger partial charge is 0.492 e. The first-order valence-electron chi connectivity index (χ1n) is 10.2. The lowest BCUT2D eigenvalue weighted by molar-refractivity contribution is 0.0948. The first-order chi connectivity index (χ1) is 15.0. The van der Waals surface area contributed by atoms with Gasteiger partial charge in [0.15, 0.2) is 0 Å². The molecule has 0 heterocycles. The number of rotatable bonds is 10. The van der Waals surface area contributed by atoms with Crippen LogP contribution in [0.3, 0.4) is 0 Å². The number of nitrogens with one attached hydrogen (secondary N) is 2. The zero-order valence-corrected chi connectivity index (χ0v) is 18.2. The minimum Gasteiger partial charge on any atom is -0.492 e. The van der Waals surface area contributed by atoms with Gasteiger partial charge in [-0.25, -0.2) is 8.42 Å². The van der Waals surface area contributed by atoms with Gasteiger partial charge in [-0.15, -0.1) is 0 Å². The number of ether oxygens (including phenoxy) is 1. The van der Waals surface area contributed by atoms with Crippen LogP contribution in [0.2, 0.25) is 0 Å². The first-order valence-corrected chi connectivity index (χ1v) is 11.6. The number of amides is 1. The fourth-order valence-corrected chi connectivity index (χ4v) is 4.14. The molecule has 0 spiro atoms. The van der Waals surface area contributed by atoms with Gasteiger partial charge in [0.05, 0.1) is 22.7 Å². The third-order valence-corrected chi connectivity index (χ3v) is 5.97. The van der Waals surface area contributed by atoms with Crippen molar-refractivity contribution in [3.63, 3.8) is 0 Å². The summed E-state index contributed by atoms with van der Waals surface area (Å²) in [5.74, 6) is 0.360. The molecule has 0 saturated heterocycles. The maximum atomic E-state index is 12.6. The third-order valence-electron chi connectivity index (χ3n) is 4.59. The Morgan fingerprint density at radius 2 is 1.58 bits per heavy atom. The lowest BCUT2D eigenvalue weighted by Crippen LogP contribution is -2.29. The number of aryl methyl sites for hydroxylation is 1. The van der Waals surface area contributed by atoms with E-state index in [2.05, 4.69) is 17.0 Å². The van der Waals surface area contributed by atoms with Gasteiger partial charge in [-0.05, 0) is 48.4 Å². The van der Waals surface area contributed by atoms with Crippen molar-refractivity contribution in [3.05, 3.63) is 90.0 Å². The van der Waals surface area contributed by atoms with Crippen LogP contribution < -0.4 is 14.8 Å². The van der Waals surface area contributed by atoms with Gasteiger partial charge in [0, 0.05) is 0 Å². The van der Waals surface area contributed by atoms with Gasteiger partial charge >= 0.3 is 0 Å². The summed E-state index contributed by atoms with van der Waals surface area (Å²) in [6.07, 6.45) is 2.12. The van der Waals surface area contributed by atoms with Crippen molar-refractivity contribution >= 4 is 21.6 Å². The molecule has 6 nitrogen and oxygen atoms in total. The molecule has 0 fully saturated rings. The van der Waals surface area contributed by atoms with Crippen LogP contribution in [0.1, 0.15) is 29.3 Å². The normalized spacial score (nSPS) is 11.0. The van der Waals surface area contributed by atoms with Gasteiger partial charge in [-0.1, -0.05) is 55.8 Å². The van der Waals surface area contributed by atoms with Crippen LogP contribution >= 0.6 is 0 Å². The number of hydrogen-bond acceptors (Lipinski definition) is 4. The van der Waals surface area contributed by atoms with E-state index >= 15 is 0 Å². The molecule has 0 radical (unpaired) electrons. The van der Waals surface area contributed by atoms with E-state index in [1.54, 1.807) is 42.5 Å². The molecule has 7 heteroatoms. The molecule has 0 unspecified atom stereocenters. The maximum Gasteiger partial charge on any atom is 0.261 e. The second-order valence-corrected chi connectivity index (χ2v) is 8.64. The van der Waals surface area contributed by atoms with Crippen LogP contribution in [0.5, 0.6) is 5.75 Å². The van der Waals surface area contributed by atoms with Gasteiger partial charge in [-0.2, -0.15) is 0 Å². The second kappa shape index (κ2) is 10.6. The minimum atomic E-state index is -3.79. The average Bonchev–Trinajstić information content (AvgIpc) is 2.78. The number of carbonyl (C=O) groups excluding carboxylic acids is 1. The van der Waals surface area contributed by atoms with Crippen molar-refractivity contribution < 1.29 is 17.9 Å². The highest BCUT2D eigenvalue weighted by Crippen LogP contribution is 2.20. The summed E-state index contributed by atoms with van der Waals surface area (Å²) in [5, 5.41) is 2.77. The highest BCUT2D eigenvalue weighted by molar-refractivity contribution is 7.92. The molecular formula is C24H26N2O4S. The fraction of sp³-hybridized carbons (Fsp3) is 0.208. The molecule has 0 saturated carbocycles. The van der Waals surface area contributed by atoms with Gasteiger partial charge in [0.1, 0.15) is 12.4 Å². The lowest BCUT2D eigenvalue weighted by atomic mass is 10.1. The van der Waals surface area contributed by atoms with Crippen LogP contribution in [-0.4, -0.2) is 27.5 Å². The Morgan fingerprint density at radius 3 is 2.29 bits per heavy atom. The first kappa shape index (κ1) is 22.4. The Labute approximate surface area is 183 Å². The summed E-state index contributed by atoms with van der Waals surface area (Å²) in [7, 11) is -3.79. The Bertz CT molecular complexity index is 1100. The van der Waals surface area contributed by atoms with Gasteiger partial charge < -0.3 is 10.1 Å².